The Morgan fingerprint density at radius 1 is 1.35 bits per heavy atom. The van der Waals surface area contributed by atoms with Gasteiger partial charge in [-0.3, -0.25) is 4.79 Å². The van der Waals surface area contributed by atoms with Crippen LogP contribution in [0.15, 0.2) is 30.6 Å². The van der Waals surface area contributed by atoms with Gasteiger partial charge in [-0.2, -0.15) is 5.26 Å². The maximum Gasteiger partial charge on any atom is 0.155 e. The number of benzene rings is 1. The van der Waals surface area contributed by atoms with Crippen molar-refractivity contribution >= 4 is 17.9 Å². The summed E-state index contributed by atoms with van der Waals surface area (Å²) in [5.41, 5.74) is 1.81. The van der Waals surface area contributed by atoms with Crippen LogP contribution in [0.5, 0.6) is 0 Å². The van der Waals surface area contributed by atoms with Gasteiger partial charge in [0.05, 0.1) is 22.9 Å². The summed E-state index contributed by atoms with van der Waals surface area (Å²) in [6.07, 6.45) is 1.89. The van der Waals surface area contributed by atoms with Crippen molar-refractivity contribution < 1.29 is 4.79 Å². The zero-order valence-corrected chi connectivity index (χ0v) is 9.35. The summed E-state index contributed by atoms with van der Waals surface area (Å²) in [7, 11) is 0. The first-order valence-electron chi connectivity index (χ1n) is 4.72. The number of rotatable bonds is 2. The Bertz CT molecular complexity index is 619. The molecule has 0 spiro atoms. The molecule has 0 radical (unpaired) electrons. The normalized spacial score (nSPS) is 9.65. The predicted octanol–water partition coefficient (Wildman–Crippen LogP) is 2.48. The molecule has 0 atom stereocenters. The highest BCUT2D eigenvalue weighted by Gasteiger charge is 2.11. The second-order valence-corrected chi connectivity index (χ2v) is 3.60. The Hall–Kier alpha value is -2.25. The van der Waals surface area contributed by atoms with Crippen LogP contribution < -0.4 is 0 Å². The third-order valence-corrected chi connectivity index (χ3v) is 2.52. The van der Waals surface area contributed by atoms with Gasteiger partial charge in [0.25, 0.3) is 0 Å². The van der Waals surface area contributed by atoms with Crippen molar-refractivity contribution in [2.24, 2.45) is 0 Å². The third-order valence-electron chi connectivity index (χ3n) is 2.22. The molecule has 5 heteroatoms. The molecule has 0 N–H and O–H groups in total. The van der Waals surface area contributed by atoms with Crippen molar-refractivity contribution in [3.63, 3.8) is 0 Å². The zero-order valence-electron chi connectivity index (χ0n) is 8.59. The van der Waals surface area contributed by atoms with E-state index >= 15 is 0 Å². The molecule has 17 heavy (non-hydrogen) atoms. The van der Waals surface area contributed by atoms with Crippen LogP contribution in [-0.4, -0.2) is 16.3 Å². The van der Waals surface area contributed by atoms with Crippen molar-refractivity contribution in [1.82, 2.24) is 9.97 Å². The van der Waals surface area contributed by atoms with Gasteiger partial charge in [0.1, 0.15) is 11.5 Å². The SMILES string of the molecule is N#Cc1cccc(-c2ncnc(Cl)c2C=O)c1. The minimum absolute atomic E-state index is 0.104. The highest BCUT2D eigenvalue weighted by atomic mass is 35.5. The van der Waals surface area contributed by atoms with Crippen LogP contribution in [0.4, 0.5) is 0 Å². The van der Waals surface area contributed by atoms with Crippen molar-refractivity contribution in [3.05, 3.63) is 46.9 Å². The maximum atomic E-state index is 10.9. The molecule has 0 saturated carbocycles. The fraction of sp³-hybridized carbons (Fsp3) is 0. The van der Waals surface area contributed by atoms with E-state index in [-0.39, 0.29) is 10.7 Å². The van der Waals surface area contributed by atoms with E-state index in [0.29, 0.717) is 23.1 Å². The molecule has 2 aromatic rings. The Morgan fingerprint density at radius 3 is 2.88 bits per heavy atom. The molecular formula is C12H6ClN3O. The summed E-state index contributed by atoms with van der Waals surface area (Å²) in [6.45, 7) is 0. The quantitative estimate of drug-likeness (QED) is 0.600. The first-order valence-corrected chi connectivity index (χ1v) is 5.10. The van der Waals surface area contributed by atoms with Crippen molar-refractivity contribution in [2.75, 3.05) is 0 Å². The molecule has 1 aromatic carbocycles. The molecule has 1 aromatic heterocycles. The first-order chi connectivity index (χ1) is 8.26. The van der Waals surface area contributed by atoms with Gasteiger partial charge < -0.3 is 0 Å². The third kappa shape index (κ3) is 2.14. The van der Waals surface area contributed by atoms with Crippen molar-refractivity contribution in [3.8, 4) is 17.3 Å². The average Bonchev–Trinajstić information content (AvgIpc) is 2.38. The molecule has 4 nitrogen and oxygen atoms in total. The number of nitriles is 1. The zero-order chi connectivity index (χ0) is 12.3. The average molecular weight is 244 g/mol. The number of aldehydes is 1. The molecule has 2 rings (SSSR count). The van der Waals surface area contributed by atoms with Gasteiger partial charge in [-0.15, -0.1) is 0 Å². The molecule has 82 valence electrons. The van der Waals surface area contributed by atoms with E-state index in [0.717, 1.165) is 0 Å². The van der Waals surface area contributed by atoms with Gasteiger partial charge in [-0.1, -0.05) is 23.7 Å². The molecule has 0 aliphatic rings. The second kappa shape index (κ2) is 4.73. The van der Waals surface area contributed by atoms with Gasteiger partial charge in [-0.05, 0) is 12.1 Å². The van der Waals surface area contributed by atoms with E-state index in [1.54, 1.807) is 24.3 Å². The molecule has 0 saturated heterocycles. The van der Waals surface area contributed by atoms with E-state index in [1.807, 2.05) is 6.07 Å². The molecule has 0 aliphatic heterocycles. The second-order valence-electron chi connectivity index (χ2n) is 3.24. The standard InChI is InChI=1S/C12H6ClN3O/c13-12-10(6-17)11(15-7-16-12)9-3-1-2-8(4-9)5-14/h1-4,6-7H. The molecule has 0 unspecified atom stereocenters. The summed E-state index contributed by atoms with van der Waals surface area (Å²) in [5.74, 6) is 0. The summed E-state index contributed by atoms with van der Waals surface area (Å²) < 4.78 is 0. The Kier molecular flexibility index (Phi) is 3.12. The van der Waals surface area contributed by atoms with Crippen LogP contribution in [-0.2, 0) is 0 Å². The van der Waals surface area contributed by atoms with Gasteiger partial charge >= 0.3 is 0 Å². The molecular weight excluding hydrogens is 238 g/mol. The monoisotopic (exact) mass is 243 g/mol. The largest absolute Gasteiger partial charge is 0.298 e. The Morgan fingerprint density at radius 2 is 2.18 bits per heavy atom. The number of aromatic nitrogens is 2. The van der Waals surface area contributed by atoms with Gasteiger partial charge in [-0.25, -0.2) is 9.97 Å². The molecule has 0 bridgehead atoms. The lowest BCUT2D eigenvalue weighted by atomic mass is 10.1. The summed E-state index contributed by atoms with van der Waals surface area (Å²) >= 11 is 5.81. The van der Waals surface area contributed by atoms with E-state index in [2.05, 4.69) is 9.97 Å². The highest BCUT2D eigenvalue weighted by Crippen LogP contribution is 2.24. The smallest absolute Gasteiger partial charge is 0.155 e. The van der Waals surface area contributed by atoms with Gasteiger partial charge in [0.15, 0.2) is 6.29 Å². The first kappa shape index (κ1) is 11.2. The van der Waals surface area contributed by atoms with Crippen LogP contribution in [0.25, 0.3) is 11.3 Å². The summed E-state index contributed by atoms with van der Waals surface area (Å²) in [5, 5.41) is 8.92. The fourth-order valence-electron chi connectivity index (χ4n) is 1.44. The molecule has 0 amide bonds. The van der Waals surface area contributed by atoms with Gasteiger partial charge in [0.2, 0.25) is 0 Å². The number of carbonyl (C=O) groups is 1. The van der Waals surface area contributed by atoms with E-state index in [1.165, 1.54) is 6.33 Å². The van der Waals surface area contributed by atoms with E-state index in [4.69, 9.17) is 16.9 Å². The minimum Gasteiger partial charge on any atom is -0.298 e. The lowest BCUT2D eigenvalue weighted by molar-refractivity contribution is 0.112. The predicted molar refractivity (Wildman–Crippen MR) is 62.6 cm³/mol. The number of halogens is 1. The molecule has 1 heterocycles. The van der Waals surface area contributed by atoms with Crippen LogP contribution in [0.2, 0.25) is 5.15 Å². The molecule has 0 aliphatic carbocycles. The Labute approximate surface area is 103 Å². The minimum atomic E-state index is 0.104. The maximum absolute atomic E-state index is 10.9. The highest BCUT2D eigenvalue weighted by molar-refractivity contribution is 6.32. The Balaban J connectivity index is 2.64. The fourth-order valence-corrected chi connectivity index (χ4v) is 1.62. The van der Waals surface area contributed by atoms with Crippen molar-refractivity contribution in [1.29, 1.82) is 5.26 Å². The van der Waals surface area contributed by atoms with Crippen LogP contribution in [0, 0.1) is 11.3 Å². The number of hydrogen-bond acceptors (Lipinski definition) is 4. The van der Waals surface area contributed by atoms with Gasteiger partial charge in [0, 0.05) is 5.56 Å². The van der Waals surface area contributed by atoms with E-state index in [9.17, 15) is 4.79 Å². The topological polar surface area (TPSA) is 66.6 Å². The van der Waals surface area contributed by atoms with E-state index < -0.39 is 0 Å². The number of hydrogen-bond donors (Lipinski definition) is 0. The summed E-state index contributed by atoms with van der Waals surface area (Å²) in [4.78, 5) is 18.7. The van der Waals surface area contributed by atoms with Crippen LogP contribution >= 0.6 is 11.6 Å². The number of nitrogens with zero attached hydrogens (tertiary/aromatic N) is 3. The molecule has 0 fully saturated rings. The van der Waals surface area contributed by atoms with Crippen LogP contribution in [0.1, 0.15) is 15.9 Å². The lowest BCUT2D eigenvalue weighted by Crippen LogP contribution is -1.95. The van der Waals surface area contributed by atoms with Crippen LogP contribution in [0.3, 0.4) is 0 Å². The van der Waals surface area contributed by atoms with Crippen molar-refractivity contribution in [2.45, 2.75) is 0 Å². The lowest BCUT2D eigenvalue weighted by Gasteiger charge is -2.04. The summed E-state index contributed by atoms with van der Waals surface area (Å²) in [6, 6.07) is 8.82. The number of carbonyl (C=O) groups excluding carboxylic acids is 1.